The van der Waals surface area contributed by atoms with Crippen LogP contribution < -0.4 is 0 Å². The van der Waals surface area contributed by atoms with Gasteiger partial charge in [-0.3, -0.25) is 0 Å². The average molecular weight is 307 g/mol. The number of ether oxygens (including phenoxy) is 1. The Morgan fingerprint density at radius 2 is 1.29 bits per heavy atom. The van der Waals surface area contributed by atoms with Gasteiger partial charge in [0, 0.05) is 14.2 Å². The van der Waals surface area contributed by atoms with Gasteiger partial charge in [-0.1, -0.05) is 74.1 Å². The molecule has 0 aromatic heterocycles. The van der Waals surface area contributed by atoms with Gasteiger partial charge in [-0.15, -0.1) is 0 Å². The van der Waals surface area contributed by atoms with E-state index in [4.69, 9.17) is 9.84 Å². The lowest BCUT2D eigenvalue weighted by molar-refractivity contribution is 0.0551. The molecule has 21 heavy (non-hydrogen) atoms. The van der Waals surface area contributed by atoms with Gasteiger partial charge >= 0.3 is 0 Å². The third-order valence-corrected chi connectivity index (χ3v) is 4.09. The molecular formula is C19H46O2. The highest BCUT2D eigenvalue weighted by Crippen LogP contribution is 2.29. The molecule has 0 heterocycles. The molecule has 134 valence electrons. The molecule has 1 rings (SSSR count). The van der Waals surface area contributed by atoms with Gasteiger partial charge in [-0.05, 0) is 31.6 Å². The van der Waals surface area contributed by atoms with Crippen LogP contribution >= 0.6 is 0 Å². The van der Waals surface area contributed by atoms with Crippen molar-refractivity contribution in [2.75, 3.05) is 14.2 Å². The highest BCUT2D eigenvalue weighted by molar-refractivity contribution is 4.72. The van der Waals surface area contributed by atoms with Crippen molar-refractivity contribution in [3.63, 3.8) is 0 Å². The zero-order valence-corrected chi connectivity index (χ0v) is 12.8. The molecular weight excluding hydrogens is 260 g/mol. The number of rotatable bonds is 8. The third-order valence-electron chi connectivity index (χ3n) is 4.09. The van der Waals surface area contributed by atoms with Gasteiger partial charge in [0.1, 0.15) is 0 Å². The minimum atomic E-state index is 0. The zero-order valence-electron chi connectivity index (χ0n) is 12.8. The predicted octanol–water partition coefficient (Wildman–Crippen LogP) is 6.46. The van der Waals surface area contributed by atoms with E-state index in [0.29, 0.717) is 6.10 Å². The molecule has 1 saturated carbocycles. The Bertz CT molecular complexity index is 152. The summed E-state index contributed by atoms with van der Waals surface area (Å²) in [6, 6.07) is 0. The van der Waals surface area contributed by atoms with Crippen LogP contribution in [-0.2, 0) is 4.74 Å². The van der Waals surface area contributed by atoms with Gasteiger partial charge in [0.25, 0.3) is 0 Å². The number of aliphatic hydroxyl groups is 1. The van der Waals surface area contributed by atoms with Gasteiger partial charge < -0.3 is 9.84 Å². The maximum absolute atomic E-state index is 7.00. The molecule has 0 aliphatic heterocycles. The summed E-state index contributed by atoms with van der Waals surface area (Å²) >= 11 is 0. The first-order valence-electron chi connectivity index (χ1n) is 7.84. The summed E-state index contributed by atoms with van der Waals surface area (Å²) in [5.41, 5.74) is 0. The highest BCUT2D eigenvalue weighted by Gasteiger charge is 2.19. The Morgan fingerprint density at radius 1 is 0.810 bits per heavy atom. The van der Waals surface area contributed by atoms with E-state index < -0.39 is 0 Å². The number of hydrogen-bond acceptors (Lipinski definition) is 2. The van der Waals surface area contributed by atoms with Crippen LogP contribution in [0.2, 0.25) is 0 Å². The monoisotopic (exact) mass is 306 g/mol. The van der Waals surface area contributed by atoms with E-state index in [-0.39, 0.29) is 22.3 Å². The van der Waals surface area contributed by atoms with Gasteiger partial charge in [-0.25, -0.2) is 0 Å². The lowest BCUT2D eigenvalue weighted by Crippen LogP contribution is -2.20. The quantitative estimate of drug-likeness (QED) is 0.521. The molecule has 0 atom stereocenters. The summed E-state index contributed by atoms with van der Waals surface area (Å²) < 4.78 is 5.41. The summed E-state index contributed by atoms with van der Waals surface area (Å²) in [6.45, 7) is 2.29. The van der Waals surface area contributed by atoms with Crippen molar-refractivity contribution in [3.05, 3.63) is 0 Å². The Hall–Kier alpha value is -0.0800. The van der Waals surface area contributed by atoms with Crippen molar-refractivity contribution in [3.8, 4) is 0 Å². The fourth-order valence-corrected chi connectivity index (χ4v) is 2.87. The molecule has 1 aliphatic carbocycles. The van der Waals surface area contributed by atoms with E-state index in [1.807, 2.05) is 7.11 Å². The minimum Gasteiger partial charge on any atom is -0.400 e. The van der Waals surface area contributed by atoms with Crippen LogP contribution in [0.3, 0.4) is 0 Å². The Labute approximate surface area is 136 Å². The van der Waals surface area contributed by atoms with Crippen LogP contribution in [0.4, 0.5) is 0 Å². The number of hydrogen-bond donors (Lipinski definition) is 1. The molecule has 0 unspecified atom stereocenters. The fourth-order valence-electron chi connectivity index (χ4n) is 2.87. The number of unbranched alkanes of at least 4 members (excludes halogenated alkanes) is 5. The van der Waals surface area contributed by atoms with Gasteiger partial charge in [-0.2, -0.15) is 0 Å². The van der Waals surface area contributed by atoms with Gasteiger partial charge in [0.15, 0.2) is 0 Å². The first-order chi connectivity index (χ1) is 8.86. The van der Waals surface area contributed by atoms with E-state index in [1.54, 1.807) is 0 Å². The molecule has 0 radical (unpaired) electrons. The van der Waals surface area contributed by atoms with Crippen LogP contribution in [-0.4, -0.2) is 25.4 Å². The topological polar surface area (TPSA) is 29.5 Å². The van der Waals surface area contributed by atoms with Crippen LogP contribution in [0.5, 0.6) is 0 Å². The predicted molar refractivity (Wildman–Crippen MR) is 99.1 cm³/mol. The zero-order chi connectivity index (χ0) is 13.6. The van der Waals surface area contributed by atoms with Crippen LogP contribution in [0.25, 0.3) is 0 Å². The van der Waals surface area contributed by atoms with Crippen molar-refractivity contribution in [2.24, 2.45) is 5.92 Å². The molecule has 1 aliphatic rings. The average Bonchev–Trinajstić information content (AvgIpc) is 2.45. The highest BCUT2D eigenvalue weighted by atomic mass is 16.5. The minimum absolute atomic E-state index is 0. The Balaban J connectivity index is -0.000000276. The third kappa shape index (κ3) is 16.1. The molecule has 2 nitrogen and oxygen atoms in total. The number of methoxy groups -OCH3 is 1. The van der Waals surface area contributed by atoms with Crippen LogP contribution in [0.1, 0.15) is 99.8 Å². The largest absolute Gasteiger partial charge is 0.400 e. The summed E-state index contributed by atoms with van der Waals surface area (Å²) in [5, 5.41) is 7.00. The molecule has 0 bridgehead atoms. The molecule has 0 amide bonds. The summed E-state index contributed by atoms with van der Waals surface area (Å²) in [4.78, 5) is 0. The van der Waals surface area contributed by atoms with Crippen LogP contribution in [0, 0.1) is 5.92 Å². The van der Waals surface area contributed by atoms with E-state index in [0.717, 1.165) is 13.0 Å². The maximum atomic E-state index is 7.00. The second-order valence-corrected chi connectivity index (χ2v) is 5.43. The molecule has 1 fully saturated rings. The second kappa shape index (κ2) is 22.2. The molecule has 0 aromatic carbocycles. The summed E-state index contributed by atoms with van der Waals surface area (Å²) in [7, 11) is 2.86. The van der Waals surface area contributed by atoms with Crippen molar-refractivity contribution < 1.29 is 9.84 Å². The van der Waals surface area contributed by atoms with E-state index in [9.17, 15) is 0 Å². The number of aliphatic hydroxyl groups excluding tert-OH is 1. The van der Waals surface area contributed by atoms with Gasteiger partial charge in [0.05, 0.1) is 6.10 Å². The summed E-state index contributed by atoms with van der Waals surface area (Å²) in [5.74, 6) is 1.01. The Morgan fingerprint density at radius 3 is 1.76 bits per heavy atom. The molecule has 0 aromatic rings. The molecule has 0 spiro atoms. The van der Waals surface area contributed by atoms with Gasteiger partial charge in [0.2, 0.25) is 0 Å². The van der Waals surface area contributed by atoms with Crippen molar-refractivity contribution in [2.45, 2.75) is 106 Å². The molecule has 0 saturated heterocycles. The molecule has 2 heteroatoms. The normalized spacial score (nSPS) is 20.0. The summed E-state index contributed by atoms with van der Waals surface area (Å²) in [6.07, 6.45) is 16.1. The lowest BCUT2D eigenvalue weighted by atomic mass is 9.84. The fraction of sp³-hybridized carbons (Fsp3) is 1.00. The molecule has 1 N–H and O–H groups in total. The first-order valence-corrected chi connectivity index (χ1v) is 7.84. The Kier molecular flexibility index (Phi) is 30.7. The van der Waals surface area contributed by atoms with E-state index in [1.165, 1.54) is 70.6 Å². The smallest absolute Gasteiger partial charge is 0.0571 e. The van der Waals surface area contributed by atoms with Crippen molar-refractivity contribution in [1.82, 2.24) is 0 Å². The lowest BCUT2D eigenvalue weighted by Gasteiger charge is -2.27. The maximum Gasteiger partial charge on any atom is 0.0571 e. The van der Waals surface area contributed by atoms with E-state index in [2.05, 4.69) is 6.92 Å². The van der Waals surface area contributed by atoms with E-state index >= 15 is 0 Å². The SMILES string of the molecule is C.C.C.CCCCCCCCC1CCC(OC)CC1.CO. The van der Waals surface area contributed by atoms with Crippen LogP contribution in [0.15, 0.2) is 0 Å². The van der Waals surface area contributed by atoms with Crippen molar-refractivity contribution in [1.29, 1.82) is 0 Å². The first kappa shape index (κ1) is 29.0. The standard InChI is InChI=1S/C15H30O.CH4O.3CH4/c1-3-4-5-6-7-8-9-14-10-12-15(16-2)13-11-14;1-2;;;/h14-15H,3-13H2,1-2H3;2H,1H3;3*1H4. The van der Waals surface area contributed by atoms with Crippen molar-refractivity contribution >= 4 is 0 Å². The second-order valence-electron chi connectivity index (χ2n) is 5.43.